The van der Waals surface area contributed by atoms with E-state index < -0.39 is 0 Å². The second kappa shape index (κ2) is 8.29. The lowest BCUT2D eigenvalue weighted by Gasteiger charge is -2.14. The molecule has 5 heteroatoms. The average molecular weight is 228 g/mol. The Labute approximate surface area is 95.9 Å². The molecule has 0 aliphatic heterocycles. The molecule has 0 fully saturated rings. The molecule has 0 saturated heterocycles. The highest BCUT2D eigenvalue weighted by atomic mass is 16.5. The van der Waals surface area contributed by atoms with Gasteiger partial charge in [0, 0.05) is 19.8 Å². The van der Waals surface area contributed by atoms with Gasteiger partial charge in [-0.1, -0.05) is 0 Å². The fraction of sp³-hybridized carbons (Fsp3) is 0.636. The van der Waals surface area contributed by atoms with Crippen molar-refractivity contribution < 1.29 is 13.9 Å². The summed E-state index contributed by atoms with van der Waals surface area (Å²) >= 11 is 0. The molecular weight excluding hydrogens is 208 g/mol. The molecule has 0 amide bonds. The summed E-state index contributed by atoms with van der Waals surface area (Å²) in [6.07, 6.45) is 5.11. The number of hydrogen-bond donors (Lipinski definition) is 2. The number of nitrogens with one attached hydrogen (secondary N) is 1. The standard InChI is InChI=1S/C11H20N2O3/c1-14-6-7-15-5-3-11(13-12)8-10-2-4-16-9-10/h2,4,9,11,13H,3,5-8,12H2,1H3. The maximum absolute atomic E-state index is 5.47. The SMILES string of the molecule is COCCOCCC(Cc1ccoc1)NN. The van der Waals surface area contributed by atoms with Crippen LogP contribution in [0.4, 0.5) is 0 Å². The van der Waals surface area contributed by atoms with E-state index in [-0.39, 0.29) is 6.04 Å². The van der Waals surface area contributed by atoms with Gasteiger partial charge in [0.2, 0.25) is 0 Å². The predicted molar refractivity (Wildman–Crippen MR) is 60.8 cm³/mol. The molecule has 1 aromatic heterocycles. The van der Waals surface area contributed by atoms with Gasteiger partial charge >= 0.3 is 0 Å². The van der Waals surface area contributed by atoms with Crippen LogP contribution in [0.2, 0.25) is 0 Å². The Morgan fingerprint density at radius 3 is 2.94 bits per heavy atom. The average Bonchev–Trinajstić information content (AvgIpc) is 2.80. The number of nitrogens with two attached hydrogens (primary N) is 1. The molecule has 0 aliphatic carbocycles. The topological polar surface area (TPSA) is 69.7 Å². The Hall–Kier alpha value is -0.880. The van der Waals surface area contributed by atoms with Gasteiger partial charge in [0.15, 0.2) is 0 Å². The molecule has 5 nitrogen and oxygen atoms in total. The van der Waals surface area contributed by atoms with Crippen LogP contribution in [0, 0.1) is 0 Å². The van der Waals surface area contributed by atoms with Crippen LogP contribution in [-0.4, -0.2) is 33.0 Å². The zero-order valence-electron chi connectivity index (χ0n) is 9.65. The van der Waals surface area contributed by atoms with E-state index in [2.05, 4.69) is 5.43 Å². The van der Waals surface area contributed by atoms with Gasteiger partial charge in [-0.15, -0.1) is 0 Å². The lowest BCUT2D eigenvalue weighted by atomic mass is 10.1. The first kappa shape index (κ1) is 13.2. The van der Waals surface area contributed by atoms with E-state index in [0.717, 1.165) is 18.4 Å². The maximum atomic E-state index is 5.47. The summed E-state index contributed by atoms with van der Waals surface area (Å²) in [5.41, 5.74) is 3.92. The molecule has 1 heterocycles. The molecule has 0 bridgehead atoms. The fourth-order valence-corrected chi connectivity index (χ4v) is 1.41. The van der Waals surface area contributed by atoms with E-state index in [0.29, 0.717) is 19.8 Å². The summed E-state index contributed by atoms with van der Waals surface area (Å²) in [5, 5.41) is 0. The molecule has 0 aliphatic rings. The Kier molecular flexibility index (Phi) is 6.83. The third kappa shape index (κ3) is 5.27. The van der Waals surface area contributed by atoms with Crippen molar-refractivity contribution >= 4 is 0 Å². The molecule has 1 rings (SSSR count). The minimum Gasteiger partial charge on any atom is -0.472 e. The number of ether oxygens (including phenoxy) is 2. The van der Waals surface area contributed by atoms with Gasteiger partial charge in [0.05, 0.1) is 25.7 Å². The zero-order chi connectivity index (χ0) is 11.6. The lowest BCUT2D eigenvalue weighted by molar-refractivity contribution is 0.0658. The quantitative estimate of drug-likeness (QED) is 0.370. The second-order valence-electron chi connectivity index (χ2n) is 3.59. The highest BCUT2D eigenvalue weighted by Crippen LogP contribution is 2.06. The van der Waals surface area contributed by atoms with E-state index in [9.17, 15) is 0 Å². The van der Waals surface area contributed by atoms with E-state index in [1.54, 1.807) is 19.6 Å². The van der Waals surface area contributed by atoms with Crippen LogP contribution < -0.4 is 11.3 Å². The monoisotopic (exact) mass is 228 g/mol. The Balaban J connectivity index is 2.12. The lowest BCUT2D eigenvalue weighted by Crippen LogP contribution is -2.37. The van der Waals surface area contributed by atoms with Crippen LogP contribution in [0.15, 0.2) is 23.0 Å². The summed E-state index contributed by atoms with van der Waals surface area (Å²) in [7, 11) is 1.66. The molecule has 1 aromatic rings. The van der Waals surface area contributed by atoms with Crippen LogP contribution in [0.3, 0.4) is 0 Å². The first-order valence-corrected chi connectivity index (χ1v) is 5.40. The fourth-order valence-electron chi connectivity index (χ4n) is 1.41. The maximum Gasteiger partial charge on any atom is 0.0935 e. The third-order valence-electron chi connectivity index (χ3n) is 2.34. The first-order valence-electron chi connectivity index (χ1n) is 5.40. The summed E-state index contributed by atoms with van der Waals surface area (Å²) in [6.45, 7) is 1.93. The van der Waals surface area contributed by atoms with Crippen LogP contribution in [0.5, 0.6) is 0 Å². The van der Waals surface area contributed by atoms with Crippen molar-refractivity contribution in [3.05, 3.63) is 24.2 Å². The summed E-state index contributed by atoms with van der Waals surface area (Å²) in [5.74, 6) is 5.47. The van der Waals surface area contributed by atoms with Crippen molar-refractivity contribution in [3.8, 4) is 0 Å². The van der Waals surface area contributed by atoms with Crippen LogP contribution in [0.1, 0.15) is 12.0 Å². The van der Waals surface area contributed by atoms with Gasteiger partial charge < -0.3 is 13.9 Å². The Morgan fingerprint density at radius 2 is 2.31 bits per heavy atom. The van der Waals surface area contributed by atoms with Gasteiger partial charge in [-0.25, -0.2) is 0 Å². The minimum absolute atomic E-state index is 0.208. The smallest absolute Gasteiger partial charge is 0.0935 e. The molecule has 0 radical (unpaired) electrons. The van der Waals surface area contributed by atoms with E-state index in [1.807, 2.05) is 6.07 Å². The first-order chi connectivity index (χ1) is 7.86. The normalized spacial score (nSPS) is 12.9. The summed E-state index contributed by atoms with van der Waals surface area (Å²) in [4.78, 5) is 0. The molecule has 16 heavy (non-hydrogen) atoms. The summed E-state index contributed by atoms with van der Waals surface area (Å²) < 4.78 is 15.3. The molecule has 92 valence electrons. The number of hydrazine groups is 1. The van der Waals surface area contributed by atoms with Gasteiger partial charge in [0.1, 0.15) is 0 Å². The molecular formula is C11H20N2O3. The van der Waals surface area contributed by atoms with E-state index >= 15 is 0 Å². The molecule has 3 N–H and O–H groups in total. The number of furan rings is 1. The number of methoxy groups -OCH3 is 1. The molecule has 1 atom stereocenters. The number of hydrogen-bond acceptors (Lipinski definition) is 5. The highest BCUT2D eigenvalue weighted by Gasteiger charge is 2.08. The van der Waals surface area contributed by atoms with Crippen LogP contribution >= 0.6 is 0 Å². The second-order valence-corrected chi connectivity index (χ2v) is 3.59. The molecule has 0 saturated carbocycles. The number of rotatable bonds is 9. The molecule has 1 unspecified atom stereocenters. The summed E-state index contributed by atoms with van der Waals surface area (Å²) in [6, 6.07) is 2.15. The van der Waals surface area contributed by atoms with E-state index in [1.165, 1.54) is 0 Å². The molecule has 0 aromatic carbocycles. The van der Waals surface area contributed by atoms with Gasteiger partial charge in [-0.2, -0.15) is 0 Å². The van der Waals surface area contributed by atoms with Crippen molar-refractivity contribution in [2.45, 2.75) is 18.9 Å². The van der Waals surface area contributed by atoms with Crippen molar-refractivity contribution in [1.29, 1.82) is 0 Å². The van der Waals surface area contributed by atoms with E-state index in [4.69, 9.17) is 19.7 Å². The van der Waals surface area contributed by atoms with Crippen LogP contribution in [-0.2, 0) is 15.9 Å². The van der Waals surface area contributed by atoms with Gasteiger partial charge in [0.25, 0.3) is 0 Å². The van der Waals surface area contributed by atoms with Gasteiger partial charge in [-0.05, 0) is 24.5 Å². The third-order valence-corrected chi connectivity index (χ3v) is 2.34. The minimum atomic E-state index is 0.208. The molecule has 0 spiro atoms. The van der Waals surface area contributed by atoms with Crippen molar-refractivity contribution in [2.75, 3.05) is 26.9 Å². The van der Waals surface area contributed by atoms with Crippen molar-refractivity contribution in [2.24, 2.45) is 5.84 Å². The zero-order valence-corrected chi connectivity index (χ0v) is 9.65. The predicted octanol–water partition coefficient (Wildman–Crippen LogP) is 0.707. The Morgan fingerprint density at radius 1 is 1.44 bits per heavy atom. The van der Waals surface area contributed by atoms with Gasteiger partial charge in [-0.3, -0.25) is 11.3 Å². The highest BCUT2D eigenvalue weighted by molar-refractivity contribution is 5.07. The van der Waals surface area contributed by atoms with Crippen LogP contribution in [0.25, 0.3) is 0 Å². The van der Waals surface area contributed by atoms with Crippen molar-refractivity contribution in [3.63, 3.8) is 0 Å². The van der Waals surface area contributed by atoms with Crippen molar-refractivity contribution in [1.82, 2.24) is 5.43 Å². The Bertz CT molecular complexity index is 252. The largest absolute Gasteiger partial charge is 0.472 e.